The first-order valence-corrected chi connectivity index (χ1v) is 27.3. The molecule has 0 aromatic rings. The molecular weight excluding hydrogens is 767 g/mol. The number of esters is 1. The van der Waals surface area contributed by atoms with Gasteiger partial charge in [-0.3, -0.25) is 9.59 Å². The van der Waals surface area contributed by atoms with Crippen LogP contribution in [-0.4, -0.2) is 47.4 Å². The van der Waals surface area contributed by atoms with Crippen molar-refractivity contribution < 1.29 is 24.5 Å². The lowest BCUT2D eigenvalue weighted by atomic mass is 10.0. The first-order valence-electron chi connectivity index (χ1n) is 27.3. The Bertz CT molecular complexity index is 1010. The fraction of sp³-hybridized carbons (Fsp3) is 0.857. The summed E-state index contributed by atoms with van der Waals surface area (Å²) in [5, 5.41) is 23.0. The Labute approximate surface area is 385 Å². The Morgan fingerprint density at radius 3 is 1.18 bits per heavy atom. The average Bonchev–Trinajstić information content (AvgIpc) is 3.27. The topological polar surface area (TPSA) is 95.9 Å². The van der Waals surface area contributed by atoms with Gasteiger partial charge in [0, 0.05) is 12.8 Å². The van der Waals surface area contributed by atoms with E-state index in [4.69, 9.17) is 4.74 Å². The minimum absolute atomic E-state index is 0.00138. The normalized spacial score (nSPS) is 12.9. The molecule has 3 N–H and O–H groups in total. The van der Waals surface area contributed by atoms with Crippen LogP contribution < -0.4 is 5.32 Å². The van der Waals surface area contributed by atoms with Gasteiger partial charge in [-0.1, -0.05) is 224 Å². The van der Waals surface area contributed by atoms with E-state index in [2.05, 4.69) is 43.5 Å². The second kappa shape index (κ2) is 51.7. The summed E-state index contributed by atoms with van der Waals surface area (Å²) in [5.41, 5.74) is 0. The zero-order chi connectivity index (χ0) is 45.1. The van der Waals surface area contributed by atoms with Crippen molar-refractivity contribution in [3.8, 4) is 0 Å². The van der Waals surface area contributed by atoms with E-state index in [9.17, 15) is 19.8 Å². The van der Waals surface area contributed by atoms with Crippen LogP contribution in [0.25, 0.3) is 0 Å². The van der Waals surface area contributed by atoms with E-state index in [-0.39, 0.29) is 18.5 Å². The molecule has 0 saturated carbocycles. The van der Waals surface area contributed by atoms with E-state index in [1.54, 1.807) is 6.08 Å². The van der Waals surface area contributed by atoms with Crippen LogP contribution in [0.3, 0.4) is 0 Å². The van der Waals surface area contributed by atoms with E-state index in [1.807, 2.05) is 6.08 Å². The monoisotopic (exact) mass is 872 g/mol. The number of hydrogen-bond acceptors (Lipinski definition) is 5. The number of aliphatic hydroxyl groups is 2. The van der Waals surface area contributed by atoms with Crippen molar-refractivity contribution in [2.75, 3.05) is 13.2 Å². The molecule has 1 amide bonds. The minimum atomic E-state index is -0.847. The lowest BCUT2D eigenvalue weighted by Gasteiger charge is -2.20. The van der Waals surface area contributed by atoms with Crippen molar-refractivity contribution >= 4 is 11.9 Å². The van der Waals surface area contributed by atoms with Gasteiger partial charge in [0.2, 0.25) is 5.91 Å². The first kappa shape index (κ1) is 60.1. The minimum Gasteiger partial charge on any atom is -0.466 e. The van der Waals surface area contributed by atoms with Gasteiger partial charge in [-0.25, -0.2) is 0 Å². The highest BCUT2D eigenvalue weighted by Crippen LogP contribution is 2.15. The number of carbonyl (C=O) groups excluding carboxylic acids is 2. The molecule has 6 heteroatoms. The van der Waals surface area contributed by atoms with E-state index < -0.39 is 12.1 Å². The molecule has 0 spiro atoms. The van der Waals surface area contributed by atoms with Gasteiger partial charge in [-0.2, -0.15) is 0 Å². The molecule has 0 aliphatic carbocycles. The van der Waals surface area contributed by atoms with Gasteiger partial charge < -0.3 is 20.3 Å². The predicted molar refractivity (Wildman–Crippen MR) is 269 cm³/mol. The van der Waals surface area contributed by atoms with Crippen LogP contribution in [-0.2, 0) is 14.3 Å². The smallest absolute Gasteiger partial charge is 0.305 e. The number of aliphatic hydroxyl groups excluding tert-OH is 2. The molecule has 0 radical (unpaired) electrons. The van der Waals surface area contributed by atoms with Crippen LogP contribution >= 0.6 is 0 Å². The highest BCUT2D eigenvalue weighted by atomic mass is 16.5. The second-order valence-corrected chi connectivity index (χ2v) is 18.5. The summed E-state index contributed by atoms with van der Waals surface area (Å²) in [6.45, 7) is 4.85. The summed E-state index contributed by atoms with van der Waals surface area (Å²) in [4.78, 5) is 24.4. The van der Waals surface area contributed by atoms with Crippen molar-refractivity contribution in [2.45, 2.75) is 296 Å². The van der Waals surface area contributed by atoms with Gasteiger partial charge in [-0.05, 0) is 83.5 Å². The molecule has 0 aromatic heterocycles. The van der Waals surface area contributed by atoms with Crippen molar-refractivity contribution in [1.29, 1.82) is 0 Å². The predicted octanol–water partition coefficient (Wildman–Crippen LogP) is 16.5. The lowest BCUT2D eigenvalue weighted by Crippen LogP contribution is -2.45. The zero-order valence-electron chi connectivity index (χ0n) is 41.4. The zero-order valence-corrected chi connectivity index (χ0v) is 41.4. The molecule has 0 bridgehead atoms. The molecule has 2 atom stereocenters. The molecule has 2 unspecified atom stereocenters. The van der Waals surface area contributed by atoms with Crippen LogP contribution in [0.1, 0.15) is 284 Å². The van der Waals surface area contributed by atoms with Crippen molar-refractivity contribution in [3.63, 3.8) is 0 Å². The summed E-state index contributed by atoms with van der Waals surface area (Å²) in [5.74, 6) is -0.0782. The Morgan fingerprint density at radius 2 is 0.758 bits per heavy atom. The highest BCUT2D eigenvalue weighted by Gasteiger charge is 2.18. The number of ether oxygens (including phenoxy) is 1. The third-order valence-electron chi connectivity index (χ3n) is 12.4. The lowest BCUT2D eigenvalue weighted by molar-refractivity contribution is -0.143. The number of nitrogens with one attached hydrogen (secondary N) is 1. The van der Waals surface area contributed by atoms with Crippen LogP contribution in [0.5, 0.6) is 0 Å². The Balaban J connectivity index is 3.43. The van der Waals surface area contributed by atoms with Crippen molar-refractivity contribution in [2.24, 2.45) is 0 Å². The van der Waals surface area contributed by atoms with Gasteiger partial charge >= 0.3 is 5.97 Å². The van der Waals surface area contributed by atoms with Gasteiger partial charge in [0.15, 0.2) is 0 Å². The molecule has 6 nitrogen and oxygen atoms in total. The molecule has 364 valence electrons. The average molecular weight is 872 g/mol. The number of rotatable bonds is 50. The number of hydrogen-bond donors (Lipinski definition) is 3. The summed E-state index contributed by atoms with van der Waals surface area (Å²) in [7, 11) is 0. The van der Waals surface area contributed by atoms with E-state index in [0.29, 0.717) is 19.4 Å². The summed E-state index contributed by atoms with van der Waals surface area (Å²) >= 11 is 0. The van der Waals surface area contributed by atoms with Crippen molar-refractivity contribution in [3.05, 3.63) is 36.5 Å². The standard InChI is InChI=1S/C56H105NO5/c1-3-5-7-9-11-13-15-30-34-38-42-46-50-56(61)62-51-47-43-39-35-31-27-25-23-21-19-17-16-18-20-22-24-26-29-33-37-41-45-49-55(60)57-53(52-58)54(59)48-44-40-36-32-28-14-12-10-8-6-4-2/h11,13,18,20,44,48,53-54,58-59H,3-10,12,14-17,19,21-43,45-47,49-52H2,1-2H3,(H,57,60)/b13-11-,20-18-,48-44+. The summed E-state index contributed by atoms with van der Waals surface area (Å²) < 4.78 is 5.46. The van der Waals surface area contributed by atoms with Gasteiger partial charge in [-0.15, -0.1) is 0 Å². The van der Waals surface area contributed by atoms with Crippen molar-refractivity contribution in [1.82, 2.24) is 5.32 Å². The molecule has 0 aromatic carbocycles. The fourth-order valence-corrected chi connectivity index (χ4v) is 8.15. The Morgan fingerprint density at radius 1 is 0.435 bits per heavy atom. The molecule has 0 aliphatic rings. The molecule has 0 saturated heterocycles. The summed E-state index contributed by atoms with van der Waals surface area (Å²) in [6.07, 6.45) is 63.0. The molecule has 62 heavy (non-hydrogen) atoms. The first-order chi connectivity index (χ1) is 30.5. The number of unbranched alkanes of at least 4 members (excludes halogenated alkanes) is 35. The van der Waals surface area contributed by atoms with E-state index in [0.717, 1.165) is 51.4 Å². The Kier molecular flexibility index (Phi) is 50.1. The maximum atomic E-state index is 12.4. The highest BCUT2D eigenvalue weighted by molar-refractivity contribution is 5.76. The van der Waals surface area contributed by atoms with Crippen LogP contribution in [0, 0.1) is 0 Å². The van der Waals surface area contributed by atoms with E-state index >= 15 is 0 Å². The van der Waals surface area contributed by atoms with Gasteiger partial charge in [0.1, 0.15) is 0 Å². The Hall–Kier alpha value is -1.92. The number of allylic oxidation sites excluding steroid dienone is 5. The molecule has 0 rings (SSSR count). The van der Waals surface area contributed by atoms with E-state index in [1.165, 1.54) is 205 Å². The van der Waals surface area contributed by atoms with Crippen LogP contribution in [0.2, 0.25) is 0 Å². The van der Waals surface area contributed by atoms with Crippen LogP contribution in [0.4, 0.5) is 0 Å². The molecule has 0 fully saturated rings. The maximum absolute atomic E-state index is 12.4. The largest absolute Gasteiger partial charge is 0.466 e. The second-order valence-electron chi connectivity index (χ2n) is 18.5. The maximum Gasteiger partial charge on any atom is 0.305 e. The fourth-order valence-electron chi connectivity index (χ4n) is 8.15. The molecular formula is C56H105NO5. The van der Waals surface area contributed by atoms with Gasteiger partial charge in [0.25, 0.3) is 0 Å². The quantitative estimate of drug-likeness (QED) is 0.0321. The van der Waals surface area contributed by atoms with Crippen LogP contribution in [0.15, 0.2) is 36.5 Å². The number of amides is 1. The molecule has 0 aliphatic heterocycles. The third-order valence-corrected chi connectivity index (χ3v) is 12.4. The van der Waals surface area contributed by atoms with Gasteiger partial charge in [0.05, 0.1) is 25.4 Å². The third kappa shape index (κ3) is 47.6. The SMILES string of the molecule is CCCCC/C=C\CCCCCCCC(=O)OCCCCCCCCCCCCC/C=C\CCCCCCCCCC(=O)NC(CO)C(O)/C=C/CCCCCCCCCCC. The molecule has 0 heterocycles. The summed E-state index contributed by atoms with van der Waals surface area (Å²) in [6, 6.07) is -0.631. The number of carbonyl (C=O) groups is 2.